The molecule has 1 amide bonds. The van der Waals surface area contributed by atoms with Gasteiger partial charge >= 0.3 is 0 Å². The number of benzene rings is 2. The van der Waals surface area contributed by atoms with Crippen molar-refractivity contribution in [1.29, 1.82) is 0 Å². The summed E-state index contributed by atoms with van der Waals surface area (Å²) in [7, 11) is -3.50. The maximum absolute atomic E-state index is 12.6. The van der Waals surface area contributed by atoms with Crippen LogP contribution >= 0.6 is 23.2 Å². The second-order valence-corrected chi connectivity index (χ2v) is 9.47. The Labute approximate surface area is 185 Å². The summed E-state index contributed by atoms with van der Waals surface area (Å²) in [6, 6.07) is 11.0. The number of piperidine rings is 1. The molecule has 1 aliphatic rings. The molecular formula is C20H21Cl2N3O4S. The lowest BCUT2D eigenvalue weighted by molar-refractivity contribution is -0.120. The van der Waals surface area contributed by atoms with E-state index in [1.54, 1.807) is 30.3 Å². The van der Waals surface area contributed by atoms with Crippen molar-refractivity contribution in [2.45, 2.75) is 24.2 Å². The number of hydrogen-bond donors (Lipinski definition) is 1. The Morgan fingerprint density at radius 3 is 2.43 bits per heavy atom. The van der Waals surface area contributed by atoms with E-state index in [-0.39, 0.29) is 11.5 Å². The van der Waals surface area contributed by atoms with E-state index in [0.717, 1.165) is 19.3 Å². The van der Waals surface area contributed by atoms with Crippen LogP contribution in [0.1, 0.15) is 24.8 Å². The van der Waals surface area contributed by atoms with Crippen LogP contribution in [0.15, 0.2) is 52.5 Å². The van der Waals surface area contributed by atoms with Crippen LogP contribution in [0.3, 0.4) is 0 Å². The molecule has 0 saturated carbocycles. The molecule has 0 aromatic heterocycles. The Hall–Kier alpha value is -2.13. The highest BCUT2D eigenvalue weighted by molar-refractivity contribution is 7.89. The van der Waals surface area contributed by atoms with E-state index >= 15 is 0 Å². The summed E-state index contributed by atoms with van der Waals surface area (Å²) in [6.07, 6.45) is 4.22. The van der Waals surface area contributed by atoms with Gasteiger partial charge in [-0.15, -0.1) is 0 Å². The lowest BCUT2D eigenvalue weighted by atomic mass is 10.2. The van der Waals surface area contributed by atoms with Crippen LogP contribution < -0.4 is 5.32 Å². The molecule has 0 atom stereocenters. The standard InChI is InChI=1S/C20H21Cl2N3O4S/c21-18-9-4-15(12-19(18)22)13-23-29-14-20(26)24-16-5-7-17(8-6-16)30(27,28)25-10-2-1-3-11-25/h4-9,12-13H,1-3,10-11,14H2,(H,24,26)/b23-13-. The third-order valence-corrected chi connectivity index (χ3v) is 7.16. The van der Waals surface area contributed by atoms with Crippen molar-refractivity contribution in [2.24, 2.45) is 5.16 Å². The zero-order valence-electron chi connectivity index (χ0n) is 16.1. The maximum atomic E-state index is 12.6. The first-order valence-electron chi connectivity index (χ1n) is 9.37. The van der Waals surface area contributed by atoms with E-state index in [1.165, 1.54) is 22.7 Å². The molecule has 7 nitrogen and oxygen atoms in total. The third-order valence-electron chi connectivity index (χ3n) is 4.51. The molecule has 2 aromatic rings. The third kappa shape index (κ3) is 5.95. The Kier molecular flexibility index (Phi) is 7.71. The summed E-state index contributed by atoms with van der Waals surface area (Å²) < 4.78 is 26.8. The molecule has 1 fully saturated rings. The quantitative estimate of drug-likeness (QED) is 0.486. The number of sulfonamides is 1. The molecule has 1 aliphatic heterocycles. The summed E-state index contributed by atoms with van der Waals surface area (Å²) in [5.41, 5.74) is 1.14. The van der Waals surface area contributed by atoms with Gasteiger partial charge in [0, 0.05) is 18.8 Å². The molecule has 0 bridgehead atoms. The number of rotatable bonds is 7. The molecule has 2 aromatic carbocycles. The average Bonchev–Trinajstić information content (AvgIpc) is 2.75. The zero-order valence-corrected chi connectivity index (χ0v) is 18.4. The van der Waals surface area contributed by atoms with Gasteiger partial charge in [0.15, 0.2) is 6.61 Å². The highest BCUT2D eigenvalue weighted by Gasteiger charge is 2.25. The van der Waals surface area contributed by atoms with Gasteiger partial charge in [-0.2, -0.15) is 4.31 Å². The van der Waals surface area contributed by atoms with Crippen molar-refractivity contribution in [2.75, 3.05) is 25.0 Å². The van der Waals surface area contributed by atoms with E-state index in [0.29, 0.717) is 34.4 Å². The van der Waals surface area contributed by atoms with Crippen molar-refractivity contribution < 1.29 is 18.0 Å². The van der Waals surface area contributed by atoms with Crippen LogP contribution in [0.4, 0.5) is 5.69 Å². The molecule has 160 valence electrons. The number of carbonyl (C=O) groups is 1. The molecule has 0 radical (unpaired) electrons. The van der Waals surface area contributed by atoms with Gasteiger partial charge in [-0.3, -0.25) is 4.79 Å². The average molecular weight is 470 g/mol. The Balaban J connectivity index is 1.50. The molecule has 1 saturated heterocycles. The number of carbonyl (C=O) groups excluding carboxylic acids is 1. The minimum absolute atomic E-state index is 0.213. The van der Waals surface area contributed by atoms with Gasteiger partial charge in [-0.25, -0.2) is 8.42 Å². The summed E-state index contributed by atoms with van der Waals surface area (Å²) in [6.45, 7) is 0.785. The maximum Gasteiger partial charge on any atom is 0.265 e. The van der Waals surface area contributed by atoms with Crippen molar-refractivity contribution in [3.05, 3.63) is 58.1 Å². The van der Waals surface area contributed by atoms with Crippen LogP contribution in [-0.2, 0) is 19.7 Å². The predicted molar refractivity (Wildman–Crippen MR) is 118 cm³/mol. The van der Waals surface area contributed by atoms with Crippen molar-refractivity contribution in [1.82, 2.24) is 4.31 Å². The van der Waals surface area contributed by atoms with Gasteiger partial charge in [-0.1, -0.05) is 40.8 Å². The minimum atomic E-state index is -3.50. The van der Waals surface area contributed by atoms with Crippen LogP contribution in [0.5, 0.6) is 0 Å². The SMILES string of the molecule is O=C(CO/N=C\c1ccc(Cl)c(Cl)c1)Nc1ccc(S(=O)(=O)N2CCCCC2)cc1. The highest BCUT2D eigenvalue weighted by atomic mass is 35.5. The van der Waals surface area contributed by atoms with E-state index in [2.05, 4.69) is 10.5 Å². The molecule has 0 unspecified atom stereocenters. The number of hydrogen-bond acceptors (Lipinski definition) is 5. The number of anilines is 1. The highest BCUT2D eigenvalue weighted by Crippen LogP contribution is 2.23. The fourth-order valence-electron chi connectivity index (χ4n) is 2.95. The topological polar surface area (TPSA) is 88.1 Å². The molecule has 10 heteroatoms. The Bertz CT molecular complexity index is 1020. The smallest absolute Gasteiger partial charge is 0.265 e. The second-order valence-electron chi connectivity index (χ2n) is 6.72. The lowest BCUT2D eigenvalue weighted by Gasteiger charge is -2.25. The first-order valence-corrected chi connectivity index (χ1v) is 11.6. The lowest BCUT2D eigenvalue weighted by Crippen LogP contribution is -2.35. The van der Waals surface area contributed by atoms with Gasteiger partial charge in [-0.05, 0) is 54.8 Å². The molecule has 1 N–H and O–H groups in total. The second kappa shape index (κ2) is 10.3. The summed E-state index contributed by atoms with van der Waals surface area (Å²) in [5.74, 6) is -0.423. The Morgan fingerprint density at radius 1 is 1.07 bits per heavy atom. The molecule has 1 heterocycles. The fraction of sp³-hybridized carbons (Fsp3) is 0.300. The molecule has 3 rings (SSSR count). The van der Waals surface area contributed by atoms with Crippen LogP contribution in [0.2, 0.25) is 10.0 Å². The summed E-state index contributed by atoms with van der Waals surface area (Å²) >= 11 is 11.8. The van der Waals surface area contributed by atoms with E-state index in [9.17, 15) is 13.2 Å². The van der Waals surface area contributed by atoms with Crippen molar-refractivity contribution in [3.63, 3.8) is 0 Å². The van der Waals surface area contributed by atoms with Crippen LogP contribution in [-0.4, -0.2) is 44.5 Å². The number of halogens is 2. The van der Waals surface area contributed by atoms with Crippen molar-refractivity contribution >= 4 is 51.0 Å². The van der Waals surface area contributed by atoms with Gasteiger partial charge in [0.2, 0.25) is 10.0 Å². The summed E-state index contributed by atoms with van der Waals surface area (Å²) in [4.78, 5) is 17.2. The number of nitrogens with zero attached hydrogens (tertiary/aromatic N) is 2. The van der Waals surface area contributed by atoms with E-state index < -0.39 is 15.9 Å². The number of oxime groups is 1. The minimum Gasteiger partial charge on any atom is -0.386 e. The molecule has 30 heavy (non-hydrogen) atoms. The van der Waals surface area contributed by atoms with Crippen LogP contribution in [0.25, 0.3) is 0 Å². The van der Waals surface area contributed by atoms with E-state index in [4.69, 9.17) is 28.0 Å². The normalized spacial score (nSPS) is 15.3. The molecule has 0 aliphatic carbocycles. The Morgan fingerprint density at radius 2 is 1.77 bits per heavy atom. The monoisotopic (exact) mass is 469 g/mol. The largest absolute Gasteiger partial charge is 0.386 e. The first kappa shape index (κ1) is 22.6. The first-order chi connectivity index (χ1) is 14.4. The number of nitrogens with one attached hydrogen (secondary N) is 1. The fourth-order valence-corrected chi connectivity index (χ4v) is 4.77. The summed E-state index contributed by atoms with van der Waals surface area (Å²) in [5, 5.41) is 7.18. The zero-order chi connectivity index (χ0) is 21.6. The van der Waals surface area contributed by atoms with Gasteiger partial charge in [0.1, 0.15) is 0 Å². The van der Waals surface area contributed by atoms with Crippen LogP contribution in [0, 0.1) is 0 Å². The predicted octanol–water partition coefficient (Wildman–Crippen LogP) is 4.16. The number of amides is 1. The molecule has 0 spiro atoms. The van der Waals surface area contributed by atoms with Gasteiger partial charge in [0.05, 0.1) is 21.2 Å². The van der Waals surface area contributed by atoms with Crippen molar-refractivity contribution in [3.8, 4) is 0 Å². The van der Waals surface area contributed by atoms with Gasteiger partial charge < -0.3 is 10.2 Å². The molecular weight excluding hydrogens is 449 g/mol. The van der Waals surface area contributed by atoms with Gasteiger partial charge in [0.25, 0.3) is 5.91 Å². The van der Waals surface area contributed by atoms with E-state index in [1.807, 2.05) is 0 Å².